The number of carboxylic acids is 1. The Morgan fingerprint density at radius 1 is 1.14 bits per heavy atom. The van der Waals surface area contributed by atoms with Gasteiger partial charge in [0.15, 0.2) is 0 Å². The first-order valence-corrected chi connectivity index (χ1v) is 9.82. The first-order chi connectivity index (χ1) is 14.1. The maximum Gasteiger partial charge on any atom is 0.337 e. The summed E-state index contributed by atoms with van der Waals surface area (Å²) in [4.78, 5) is 29.4. The van der Waals surface area contributed by atoms with Gasteiger partial charge in [0.1, 0.15) is 5.75 Å². The van der Waals surface area contributed by atoms with Crippen LogP contribution in [0.4, 0.5) is 0 Å². The van der Waals surface area contributed by atoms with E-state index in [0.29, 0.717) is 41.2 Å². The largest absolute Gasteiger partial charge is 0.496 e. The lowest BCUT2D eigenvalue weighted by Crippen LogP contribution is -2.39. The Morgan fingerprint density at radius 3 is 2.52 bits per heavy atom. The van der Waals surface area contributed by atoms with Gasteiger partial charge < -0.3 is 19.7 Å². The van der Waals surface area contributed by atoms with Crippen LogP contribution in [0.1, 0.15) is 39.1 Å². The molecule has 4 rings (SSSR count). The van der Waals surface area contributed by atoms with Crippen LogP contribution in [-0.2, 0) is 6.42 Å². The van der Waals surface area contributed by atoms with Crippen LogP contribution in [0.15, 0.2) is 48.7 Å². The molecule has 1 fully saturated rings. The van der Waals surface area contributed by atoms with Crippen molar-refractivity contribution in [3.63, 3.8) is 0 Å². The Labute approximate surface area is 169 Å². The number of rotatable bonds is 5. The number of nitrogens with one attached hydrogen (secondary N) is 1. The molecule has 1 amide bonds. The van der Waals surface area contributed by atoms with Crippen LogP contribution in [-0.4, -0.2) is 47.1 Å². The predicted molar refractivity (Wildman–Crippen MR) is 111 cm³/mol. The van der Waals surface area contributed by atoms with Crippen LogP contribution in [0.3, 0.4) is 0 Å². The summed E-state index contributed by atoms with van der Waals surface area (Å²) in [6.07, 6.45) is 4.38. The van der Waals surface area contributed by atoms with E-state index in [4.69, 9.17) is 4.74 Å². The molecule has 0 atom stereocenters. The van der Waals surface area contributed by atoms with Crippen LogP contribution in [0.25, 0.3) is 10.9 Å². The van der Waals surface area contributed by atoms with Crippen molar-refractivity contribution in [3.05, 3.63) is 65.4 Å². The second-order valence-electron chi connectivity index (χ2n) is 7.53. The predicted octanol–water partition coefficient (Wildman–Crippen LogP) is 3.97. The van der Waals surface area contributed by atoms with Gasteiger partial charge in [-0.05, 0) is 36.8 Å². The summed E-state index contributed by atoms with van der Waals surface area (Å²) in [5.41, 5.74) is 2.53. The Balaban J connectivity index is 1.51. The molecule has 2 aromatic carbocycles. The van der Waals surface area contributed by atoms with Crippen molar-refractivity contribution in [2.75, 3.05) is 20.2 Å². The normalized spacial score (nSPS) is 14.9. The van der Waals surface area contributed by atoms with Gasteiger partial charge in [0.2, 0.25) is 0 Å². The van der Waals surface area contributed by atoms with Crippen molar-refractivity contribution >= 4 is 22.8 Å². The highest BCUT2D eigenvalue weighted by Gasteiger charge is 2.26. The van der Waals surface area contributed by atoms with E-state index in [0.717, 1.165) is 19.3 Å². The van der Waals surface area contributed by atoms with Gasteiger partial charge in [-0.3, -0.25) is 4.79 Å². The van der Waals surface area contributed by atoms with Crippen molar-refractivity contribution in [2.24, 2.45) is 5.92 Å². The first kappa shape index (κ1) is 19.1. The van der Waals surface area contributed by atoms with Gasteiger partial charge in [0.25, 0.3) is 5.91 Å². The van der Waals surface area contributed by atoms with Crippen LogP contribution in [0.2, 0.25) is 0 Å². The fraction of sp³-hybridized carbons (Fsp3) is 0.304. The van der Waals surface area contributed by atoms with Gasteiger partial charge in [-0.25, -0.2) is 4.79 Å². The summed E-state index contributed by atoms with van der Waals surface area (Å²) in [7, 11) is 1.52. The number of fused-ring (bicyclic) bond motifs is 1. The second kappa shape index (κ2) is 7.99. The Kier molecular flexibility index (Phi) is 5.25. The summed E-state index contributed by atoms with van der Waals surface area (Å²) in [6.45, 7) is 1.38. The number of piperidine rings is 1. The van der Waals surface area contributed by atoms with E-state index in [1.54, 1.807) is 12.1 Å². The highest BCUT2D eigenvalue weighted by atomic mass is 16.5. The van der Waals surface area contributed by atoms with Gasteiger partial charge in [-0.1, -0.05) is 30.3 Å². The van der Waals surface area contributed by atoms with Crippen LogP contribution >= 0.6 is 0 Å². The molecule has 0 aliphatic carbocycles. The van der Waals surface area contributed by atoms with Gasteiger partial charge >= 0.3 is 5.97 Å². The van der Waals surface area contributed by atoms with Crippen molar-refractivity contribution in [1.82, 2.24) is 9.88 Å². The van der Waals surface area contributed by atoms with Gasteiger partial charge in [-0.15, -0.1) is 0 Å². The summed E-state index contributed by atoms with van der Waals surface area (Å²) in [5, 5.41) is 9.89. The minimum atomic E-state index is -1.03. The van der Waals surface area contributed by atoms with Crippen LogP contribution in [0.5, 0.6) is 5.75 Å². The zero-order valence-corrected chi connectivity index (χ0v) is 16.4. The molecule has 0 saturated carbocycles. The maximum absolute atomic E-state index is 13.2. The van der Waals surface area contributed by atoms with Gasteiger partial charge in [0, 0.05) is 30.7 Å². The number of benzene rings is 2. The quantitative estimate of drug-likeness (QED) is 0.688. The minimum absolute atomic E-state index is 0.112. The van der Waals surface area contributed by atoms with E-state index in [2.05, 4.69) is 29.2 Å². The summed E-state index contributed by atoms with van der Waals surface area (Å²) < 4.78 is 5.42. The number of likely N-dealkylation sites (tertiary alicyclic amines) is 1. The lowest BCUT2D eigenvalue weighted by molar-refractivity contribution is 0.0680. The Morgan fingerprint density at radius 2 is 1.86 bits per heavy atom. The van der Waals surface area contributed by atoms with Gasteiger partial charge in [0.05, 0.1) is 23.8 Å². The molecule has 1 aliphatic heterocycles. The maximum atomic E-state index is 13.2. The molecule has 0 spiro atoms. The number of hydrogen-bond acceptors (Lipinski definition) is 3. The van der Waals surface area contributed by atoms with Crippen molar-refractivity contribution in [2.45, 2.75) is 19.3 Å². The molecule has 6 heteroatoms. The molecule has 2 heterocycles. The lowest BCUT2D eigenvalue weighted by atomic mass is 9.90. The SMILES string of the molecule is COc1cc2[nH]cc(C(=O)O)c2cc1C(=O)N1CCC(Cc2ccccc2)CC1. The fourth-order valence-corrected chi connectivity index (χ4v) is 4.12. The first-order valence-electron chi connectivity index (χ1n) is 9.82. The number of methoxy groups -OCH3 is 1. The van der Waals surface area contributed by atoms with Gasteiger partial charge in [-0.2, -0.15) is 0 Å². The average Bonchev–Trinajstić information content (AvgIpc) is 3.17. The summed E-state index contributed by atoms with van der Waals surface area (Å²) in [5.74, 6) is -0.122. The molecule has 1 saturated heterocycles. The molecule has 3 aromatic rings. The van der Waals surface area contributed by atoms with Crippen molar-refractivity contribution in [3.8, 4) is 5.75 Å². The van der Waals surface area contributed by atoms with E-state index in [1.165, 1.54) is 18.9 Å². The summed E-state index contributed by atoms with van der Waals surface area (Å²) >= 11 is 0. The highest BCUT2D eigenvalue weighted by molar-refractivity contribution is 6.07. The number of carbonyl (C=O) groups is 2. The second-order valence-corrected chi connectivity index (χ2v) is 7.53. The molecule has 1 aromatic heterocycles. The topological polar surface area (TPSA) is 82.6 Å². The number of carboxylic acid groups (broad SMARTS) is 1. The van der Waals surface area contributed by atoms with E-state index in [-0.39, 0.29) is 11.5 Å². The number of hydrogen-bond donors (Lipinski definition) is 2. The minimum Gasteiger partial charge on any atom is -0.496 e. The zero-order valence-electron chi connectivity index (χ0n) is 16.4. The van der Waals surface area contributed by atoms with E-state index >= 15 is 0 Å². The van der Waals surface area contributed by atoms with E-state index < -0.39 is 5.97 Å². The molecule has 6 nitrogen and oxygen atoms in total. The Hall–Kier alpha value is -3.28. The molecular formula is C23H24N2O4. The lowest BCUT2D eigenvalue weighted by Gasteiger charge is -2.32. The monoisotopic (exact) mass is 392 g/mol. The van der Waals surface area contributed by atoms with Crippen molar-refractivity contribution in [1.29, 1.82) is 0 Å². The smallest absolute Gasteiger partial charge is 0.337 e. The number of aromatic nitrogens is 1. The zero-order chi connectivity index (χ0) is 20.4. The number of aromatic carboxylic acids is 1. The third-order valence-electron chi connectivity index (χ3n) is 5.73. The molecule has 0 unspecified atom stereocenters. The fourth-order valence-electron chi connectivity index (χ4n) is 4.12. The number of amides is 1. The molecule has 1 aliphatic rings. The Bertz CT molecular complexity index is 1030. The summed E-state index contributed by atoms with van der Waals surface area (Å²) in [6, 6.07) is 13.8. The molecule has 150 valence electrons. The highest BCUT2D eigenvalue weighted by Crippen LogP contribution is 2.30. The number of ether oxygens (including phenoxy) is 1. The molecule has 2 N–H and O–H groups in total. The number of nitrogens with zero attached hydrogens (tertiary/aromatic N) is 1. The van der Waals surface area contributed by atoms with E-state index in [1.807, 2.05) is 11.0 Å². The molecule has 0 radical (unpaired) electrons. The molecule has 0 bridgehead atoms. The standard InChI is InChI=1S/C23H24N2O4/c1-29-21-13-20-17(19(14-24-20)23(27)28)12-18(21)22(26)25-9-7-16(8-10-25)11-15-5-3-2-4-6-15/h2-6,12-14,16,24H,7-11H2,1H3,(H,27,28). The van der Waals surface area contributed by atoms with Crippen molar-refractivity contribution < 1.29 is 19.4 Å². The number of carbonyl (C=O) groups excluding carboxylic acids is 1. The third-order valence-corrected chi connectivity index (χ3v) is 5.73. The molecular weight excluding hydrogens is 368 g/mol. The third kappa shape index (κ3) is 3.83. The average molecular weight is 392 g/mol. The number of H-pyrrole nitrogens is 1. The molecule has 29 heavy (non-hydrogen) atoms. The number of aromatic amines is 1. The van der Waals surface area contributed by atoms with E-state index in [9.17, 15) is 14.7 Å². The van der Waals surface area contributed by atoms with Crippen LogP contribution in [0, 0.1) is 5.92 Å². The van der Waals surface area contributed by atoms with Crippen LogP contribution < -0.4 is 4.74 Å².